The van der Waals surface area contributed by atoms with Crippen LogP contribution >= 0.6 is 0 Å². The summed E-state index contributed by atoms with van der Waals surface area (Å²) in [6, 6.07) is 147. The van der Waals surface area contributed by atoms with Crippen LogP contribution in [0.5, 0.6) is 23.3 Å². The molecule has 20 rings (SSSR count). The first-order chi connectivity index (χ1) is 69.4. The van der Waals surface area contributed by atoms with E-state index in [0.29, 0.717) is 23.3 Å². The van der Waals surface area contributed by atoms with Crippen LogP contribution < -0.4 is 14.4 Å². The zero-order valence-corrected chi connectivity index (χ0v) is 94.6. The van der Waals surface area contributed by atoms with Gasteiger partial charge in [0.15, 0.2) is 0 Å². The quantitative estimate of drug-likeness (QED) is 0.0439. The zero-order valence-electron chi connectivity index (χ0n) is 82.6. The van der Waals surface area contributed by atoms with Crippen molar-refractivity contribution in [3.63, 3.8) is 0 Å². The Morgan fingerprint density at radius 2 is 0.639 bits per heavy atom. The molecule has 0 bridgehead atoms. The third-order valence-electron chi connectivity index (χ3n) is 24.2. The topological polar surface area (TPSA) is 202 Å². The number of anilines is 2. The van der Waals surface area contributed by atoms with Crippen molar-refractivity contribution in [3.8, 4) is 79.5 Å². The largest absolute Gasteiger partial charge is 0.466 e. The molecule has 0 spiro atoms. The Kier molecular flexibility index (Phi) is 43.7. The molecule has 5 radical (unpaired) electrons. The van der Waals surface area contributed by atoms with Gasteiger partial charge in [0.25, 0.3) is 0 Å². The molecule has 7 aromatic carbocycles. The molecule has 0 amide bonds. The molecule has 0 aliphatic heterocycles. The minimum atomic E-state index is -0.224. The maximum Gasteiger partial charge on any atom is 0.216 e. The summed E-state index contributed by atoms with van der Waals surface area (Å²) in [6.07, 6.45) is 15.5. The average molecular weight is 2810 g/mol. The van der Waals surface area contributed by atoms with E-state index >= 15 is 0 Å². The van der Waals surface area contributed by atoms with E-state index < -0.39 is 0 Å². The molecule has 147 heavy (non-hydrogen) atoms. The molecule has 0 fully saturated rings. The SMILES string of the molecule is CC(Cc1cccc(-c2[c-]cccc2)n1)c1cccc(C(C)(C)c2[c-]cccc2)n1.CC(Cc1cccc(-c2[c-]ccnc2)n1)c1cccc(Oc2[c-]cccc2)n1.CC(c1cccc(-c2[c-]cncc2)n1)c1cccc(C(C)(C)c2[c-]cccc2)n1.CC(c1cccc(Oc2[c-]cccc2)n1)c1cccc(-c2[c-]cncc2)n1.CC(c1cncc(-c2[c-]cccc2)n1)c1cccc(N(C)c2[c-]cccc2)n1.[Ir].[Ir].[Ir].[Ir].[Ir]. The average Bonchev–Trinajstić information content (AvgIpc) is 0.793. The predicted molar refractivity (Wildman–Crippen MR) is 561 cm³/mol. The van der Waals surface area contributed by atoms with Crippen molar-refractivity contribution in [1.29, 1.82) is 0 Å². The zero-order chi connectivity index (χ0) is 98.3. The second kappa shape index (κ2) is 56.7. The predicted octanol–water partition coefficient (Wildman–Crippen LogP) is 27.4. The van der Waals surface area contributed by atoms with Crippen molar-refractivity contribution in [3.05, 3.63) is 542 Å². The Labute approximate surface area is 931 Å². The van der Waals surface area contributed by atoms with E-state index in [1.807, 2.05) is 285 Å². The molecule has 5 unspecified atom stereocenters. The van der Waals surface area contributed by atoms with Gasteiger partial charge >= 0.3 is 0 Å². The number of pyridine rings is 12. The fourth-order valence-corrected chi connectivity index (χ4v) is 15.8. The minimum absolute atomic E-state index is 0. The molecule has 0 saturated heterocycles. The van der Waals surface area contributed by atoms with Gasteiger partial charge in [-0.25, -0.2) is 15.0 Å². The van der Waals surface area contributed by atoms with Crippen molar-refractivity contribution in [2.75, 3.05) is 11.9 Å². The molecule has 0 aliphatic carbocycles. The number of aromatic nitrogens is 14. The molecule has 0 aliphatic rings. The van der Waals surface area contributed by atoms with E-state index in [1.54, 1.807) is 55.6 Å². The molecule has 20 aromatic rings. The Morgan fingerprint density at radius 3 is 1.10 bits per heavy atom. The van der Waals surface area contributed by atoms with Crippen LogP contribution in [0.15, 0.2) is 401 Å². The molecule has 13 aromatic heterocycles. The van der Waals surface area contributed by atoms with Gasteiger partial charge < -0.3 is 39.3 Å². The van der Waals surface area contributed by atoms with Gasteiger partial charge in [-0.1, -0.05) is 159 Å². The summed E-state index contributed by atoms with van der Waals surface area (Å²) >= 11 is 0. The van der Waals surface area contributed by atoms with E-state index in [2.05, 4.69) is 226 Å². The molecule has 17 nitrogen and oxygen atoms in total. The third-order valence-corrected chi connectivity index (χ3v) is 24.2. The third kappa shape index (κ3) is 31.6. The van der Waals surface area contributed by atoms with Crippen molar-refractivity contribution in [2.45, 2.75) is 116 Å². The van der Waals surface area contributed by atoms with Crippen LogP contribution in [0.1, 0.15) is 171 Å². The van der Waals surface area contributed by atoms with Gasteiger partial charge in [0.1, 0.15) is 5.82 Å². The van der Waals surface area contributed by atoms with Crippen LogP contribution in [0, 0.1) is 60.7 Å². The van der Waals surface area contributed by atoms with Gasteiger partial charge in [-0.05, 0) is 133 Å². The summed E-state index contributed by atoms with van der Waals surface area (Å²) in [5.74, 6) is 3.86. The number of hydrogen-bond acceptors (Lipinski definition) is 17. The molecule has 5 atom stereocenters. The molecule has 0 N–H and O–H groups in total. The van der Waals surface area contributed by atoms with E-state index in [-0.39, 0.29) is 141 Å². The summed E-state index contributed by atoms with van der Waals surface area (Å²) in [7, 11) is 1.99. The van der Waals surface area contributed by atoms with E-state index in [9.17, 15) is 0 Å². The normalized spacial score (nSPS) is 11.7. The van der Waals surface area contributed by atoms with Gasteiger partial charge in [-0.3, -0.25) is 29.9 Å². The summed E-state index contributed by atoms with van der Waals surface area (Å²) in [4.78, 5) is 66.9. The number of para-hydroxylation sites is 3. The summed E-state index contributed by atoms with van der Waals surface area (Å²) in [5, 5.41) is 0. The van der Waals surface area contributed by atoms with E-state index in [0.717, 1.165) is 160 Å². The smallest absolute Gasteiger partial charge is 0.216 e. The maximum atomic E-state index is 5.80. The fourth-order valence-electron chi connectivity index (χ4n) is 15.8. The Morgan fingerprint density at radius 1 is 0.265 bits per heavy atom. The van der Waals surface area contributed by atoms with E-state index in [4.69, 9.17) is 49.3 Å². The molecule has 22 heteroatoms. The van der Waals surface area contributed by atoms with E-state index in [1.165, 1.54) is 0 Å². The van der Waals surface area contributed by atoms with Crippen LogP contribution in [0.2, 0.25) is 0 Å². The first kappa shape index (κ1) is 113. The molecule has 747 valence electrons. The van der Waals surface area contributed by atoms with Crippen LogP contribution in [-0.2, 0) is 124 Å². The first-order valence-corrected chi connectivity index (χ1v) is 47.3. The van der Waals surface area contributed by atoms with Gasteiger partial charge in [-0.2, -0.15) is 156 Å². The molecular weight excluding hydrogens is 2700 g/mol. The second-order valence-corrected chi connectivity index (χ2v) is 35.0. The van der Waals surface area contributed by atoms with Crippen molar-refractivity contribution >= 4 is 11.5 Å². The van der Waals surface area contributed by atoms with Gasteiger partial charge in [0.2, 0.25) is 11.8 Å². The van der Waals surface area contributed by atoms with Gasteiger partial charge in [0.05, 0.1) is 17.1 Å². The van der Waals surface area contributed by atoms with Crippen LogP contribution in [0.25, 0.3) is 56.3 Å². The van der Waals surface area contributed by atoms with Crippen LogP contribution in [0.4, 0.5) is 11.5 Å². The number of benzene rings is 7. The fraction of sp³-hybridized carbons (Fsp3) is 0.152. The Hall–Kier alpha value is -13.9. The second-order valence-electron chi connectivity index (χ2n) is 35.0. The molecular formula is C125H105Ir5N15O2-10. The maximum absolute atomic E-state index is 5.80. The standard InChI is InChI=1S/C28H26N2.C26H23N3.C24H20N4.C24H19N3O.C23H17N3O.5Ir/c1-21(20-24-16-10-18-26(29-24)22-12-6-4-7-13-22)25-17-11-19-27(30-25)28(2,3)23-14-8-5-9-15-23;1-19(22-11-7-13-24(28-22)20-15-17-27-18-16-20)23-12-8-14-25(29-23)26(2,3)21-9-5-4-6-10-21;1-18(22-16-25-17-23(26-22)19-10-5-3-6-11-19)21-14-9-15-24(27-21)28(2)20-12-7-4-8-13-20;1-18(16-20-9-5-13-23(26-20)19-8-7-15-25-17-19)22-12-6-14-24(27-22)28-21-10-3-2-4-11-21;1-17(20-9-5-11-22(25-20)18-13-15-24-16-14-18)21-10-6-12-23(26-21)27-19-7-3-2-4-8-19;;;;;/h4-12,14,16-19,21H,20H2,1-3H3;4-9,11-15,17-19H,1-3H3;3-10,12,14-18H,1-2H3;2-7,9-10,12-15,17-18H,16H2,1H3;2-7,9-13,15-17H,1H3;;;;;/q5*-2;;;;;. The first-order valence-electron chi connectivity index (χ1n) is 47.3. The summed E-state index contributed by atoms with van der Waals surface area (Å²) < 4.78 is 11.6. The van der Waals surface area contributed by atoms with Crippen molar-refractivity contribution < 1.29 is 110 Å². The minimum Gasteiger partial charge on any atom is -0.466 e. The number of ether oxygens (including phenoxy) is 2. The van der Waals surface area contributed by atoms with Crippen molar-refractivity contribution in [1.82, 2.24) is 69.8 Å². The number of rotatable bonds is 27. The number of hydrogen-bond donors (Lipinski definition) is 0. The van der Waals surface area contributed by atoms with Crippen molar-refractivity contribution in [2.24, 2.45) is 0 Å². The summed E-state index contributed by atoms with van der Waals surface area (Å²) in [5.41, 5.74) is 23.9. The van der Waals surface area contributed by atoms with Crippen LogP contribution in [0.3, 0.4) is 0 Å². The Bertz CT molecular complexity index is 7370. The summed E-state index contributed by atoms with van der Waals surface area (Å²) in [6.45, 7) is 19.5. The molecule has 0 saturated carbocycles. The van der Waals surface area contributed by atoms with Gasteiger partial charge in [0, 0.05) is 241 Å². The number of nitrogens with zero attached hydrogens (tertiary/aromatic N) is 15. The van der Waals surface area contributed by atoms with Crippen LogP contribution in [-0.4, -0.2) is 76.8 Å². The van der Waals surface area contributed by atoms with Gasteiger partial charge in [-0.15, -0.1) is 132 Å². The Balaban J connectivity index is 0.000000173. The monoisotopic (exact) mass is 2810 g/mol. The molecule has 13 heterocycles.